The number of carbonyl (C=O) groups excluding carboxylic acids is 2. The van der Waals surface area contributed by atoms with Gasteiger partial charge in [-0.1, -0.05) is 23.8 Å². The number of rotatable bonds is 4. The van der Waals surface area contributed by atoms with E-state index in [9.17, 15) is 9.59 Å². The summed E-state index contributed by atoms with van der Waals surface area (Å²) in [7, 11) is 0. The number of benzene rings is 1. The molecule has 98 valence electrons. The van der Waals surface area contributed by atoms with E-state index in [1.54, 1.807) is 0 Å². The van der Waals surface area contributed by atoms with Gasteiger partial charge in [-0.15, -0.1) is 0 Å². The van der Waals surface area contributed by atoms with Crippen molar-refractivity contribution in [1.82, 2.24) is 10.9 Å². The number of carbonyl (C=O) groups is 2. The average molecular weight is 250 g/mol. The molecule has 2 amide bonds. The van der Waals surface area contributed by atoms with Gasteiger partial charge in [-0.2, -0.15) is 0 Å². The molecule has 0 spiro atoms. The van der Waals surface area contributed by atoms with Crippen molar-refractivity contribution in [2.24, 2.45) is 0 Å². The summed E-state index contributed by atoms with van der Waals surface area (Å²) in [5, 5.41) is 0. The zero-order valence-electron chi connectivity index (χ0n) is 10.9. The molecule has 0 bridgehead atoms. The molecule has 0 saturated heterocycles. The van der Waals surface area contributed by atoms with E-state index in [-0.39, 0.29) is 18.4 Å². The minimum Gasteiger partial charge on any atom is -0.367 e. The van der Waals surface area contributed by atoms with Crippen molar-refractivity contribution in [1.29, 1.82) is 0 Å². The lowest BCUT2D eigenvalue weighted by atomic mass is 10.1. The van der Waals surface area contributed by atoms with Crippen LogP contribution in [0, 0.1) is 13.8 Å². The van der Waals surface area contributed by atoms with Gasteiger partial charge in [0.25, 0.3) is 5.91 Å². The molecule has 0 aromatic heterocycles. The Hall–Kier alpha value is -1.88. The molecule has 0 aliphatic rings. The van der Waals surface area contributed by atoms with E-state index in [0.717, 1.165) is 11.1 Å². The second-order valence-corrected chi connectivity index (χ2v) is 4.15. The molecule has 1 rings (SSSR count). The van der Waals surface area contributed by atoms with Gasteiger partial charge in [0, 0.05) is 6.92 Å². The first kappa shape index (κ1) is 14.2. The smallest absolute Gasteiger partial charge is 0.264 e. The molecule has 5 heteroatoms. The summed E-state index contributed by atoms with van der Waals surface area (Å²) in [4.78, 5) is 21.8. The molecule has 0 saturated carbocycles. The third kappa shape index (κ3) is 4.97. The van der Waals surface area contributed by atoms with Crippen LogP contribution in [0.5, 0.6) is 0 Å². The van der Waals surface area contributed by atoms with Crippen LogP contribution in [-0.2, 0) is 20.9 Å². The van der Waals surface area contributed by atoms with E-state index in [1.807, 2.05) is 26.0 Å². The van der Waals surface area contributed by atoms with Gasteiger partial charge in [0.05, 0.1) is 6.61 Å². The molecule has 0 radical (unpaired) electrons. The topological polar surface area (TPSA) is 67.4 Å². The van der Waals surface area contributed by atoms with E-state index < -0.39 is 0 Å². The lowest BCUT2D eigenvalue weighted by molar-refractivity contribution is -0.131. The van der Waals surface area contributed by atoms with E-state index in [4.69, 9.17) is 4.74 Å². The van der Waals surface area contributed by atoms with Crippen molar-refractivity contribution in [3.05, 3.63) is 34.9 Å². The molecular weight excluding hydrogens is 232 g/mol. The summed E-state index contributed by atoms with van der Waals surface area (Å²) in [5.74, 6) is -0.701. The zero-order valence-corrected chi connectivity index (χ0v) is 10.9. The second kappa shape index (κ2) is 6.76. The SMILES string of the molecule is CC(=O)NNC(=O)COCc1ccc(C)cc1C. The van der Waals surface area contributed by atoms with Crippen LogP contribution in [0.15, 0.2) is 18.2 Å². The number of hydrogen-bond donors (Lipinski definition) is 2. The normalized spacial score (nSPS) is 9.94. The van der Waals surface area contributed by atoms with Gasteiger partial charge in [-0.05, 0) is 25.0 Å². The molecule has 1 aromatic carbocycles. The standard InChI is InChI=1S/C13H18N2O3/c1-9-4-5-12(10(2)6-9)7-18-8-13(17)15-14-11(3)16/h4-6H,7-8H2,1-3H3,(H,14,16)(H,15,17). The predicted molar refractivity (Wildman–Crippen MR) is 67.5 cm³/mol. The van der Waals surface area contributed by atoms with Crippen LogP contribution in [0.3, 0.4) is 0 Å². The van der Waals surface area contributed by atoms with Crippen LogP contribution in [0.4, 0.5) is 0 Å². The molecule has 0 aliphatic heterocycles. The van der Waals surface area contributed by atoms with Crippen molar-refractivity contribution in [3.8, 4) is 0 Å². The highest BCUT2D eigenvalue weighted by molar-refractivity contribution is 5.81. The number of aryl methyl sites for hydroxylation is 2. The van der Waals surface area contributed by atoms with E-state index in [0.29, 0.717) is 6.61 Å². The Morgan fingerprint density at radius 1 is 1.22 bits per heavy atom. The number of hydrazine groups is 1. The van der Waals surface area contributed by atoms with E-state index in [2.05, 4.69) is 16.9 Å². The van der Waals surface area contributed by atoms with Crippen LogP contribution in [0.2, 0.25) is 0 Å². The maximum atomic E-state index is 11.2. The Labute approximate surface area is 106 Å². The van der Waals surface area contributed by atoms with E-state index >= 15 is 0 Å². The fourth-order valence-electron chi connectivity index (χ4n) is 1.46. The summed E-state index contributed by atoms with van der Waals surface area (Å²) in [6, 6.07) is 6.05. The molecule has 5 nitrogen and oxygen atoms in total. The largest absolute Gasteiger partial charge is 0.367 e. The average Bonchev–Trinajstić information content (AvgIpc) is 2.29. The van der Waals surface area contributed by atoms with Crippen LogP contribution in [0.25, 0.3) is 0 Å². The number of ether oxygens (including phenoxy) is 1. The van der Waals surface area contributed by atoms with Gasteiger partial charge in [0.1, 0.15) is 6.61 Å². The van der Waals surface area contributed by atoms with Gasteiger partial charge in [-0.25, -0.2) is 0 Å². The Morgan fingerprint density at radius 3 is 2.56 bits per heavy atom. The van der Waals surface area contributed by atoms with Crippen molar-refractivity contribution >= 4 is 11.8 Å². The molecule has 0 atom stereocenters. The molecule has 18 heavy (non-hydrogen) atoms. The van der Waals surface area contributed by atoms with Crippen molar-refractivity contribution in [3.63, 3.8) is 0 Å². The van der Waals surface area contributed by atoms with Gasteiger partial charge in [0.2, 0.25) is 5.91 Å². The van der Waals surface area contributed by atoms with Gasteiger partial charge < -0.3 is 4.74 Å². The van der Waals surface area contributed by atoms with E-state index in [1.165, 1.54) is 12.5 Å². The fourth-order valence-corrected chi connectivity index (χ4v) is 1.46. The first-order valence-corrected chi connectivity index (χ1v) is 5.68. The van der Waals surface area contributed by atoms with Crippen molar-refractivity contribution in [2.45, 2.75) is 27.4 Å². The molecule has 1 aromatic rings. The van der Waals surface area contributed by atoms with Crippen LogP contribution in [-0.4, -0.2) is 18.4 Å². The Kier molecular flexibility index (Phi) is 5.32. The molecule has 0 heterocycles. The minimum absolute atomic E-state index is 0.0897. The zero-order chi connectivity index (χ0) is 13.5. The molecule has 2 N–H and O–H groups in total. The maximum Gasteiger partial charge on any atom is 0.264 e. The van der Waals surface area contributed by atoms with Crippen LogP contribution in [0.1, 0.15) is 23.6 Å². The maximum absolute atomic E-state index is 11.2. The molecule has 0 fully saturated rings. The third-order valence-corrected chi connectivity index (χ3v) is 2.37. The predicted octanol–water partition coefficient (Wildman–Crippen LogP) is 0.987. The molecule has 0 aliphatic carbocycles. The van der Waals surface area contributed by atoms with Crippen molar-refractivity contribution < 1.29 is 14.3 Å². The van der Waals surface area contributed by atoms with Crippen molar-refractivity contribution in [2.75, 3.05) is 6.61 Å². The quantitative estimate of drug-likeness (QED) is 0.783. The highest BCUT2D eigenvalue weighted by Crippen LogP contribution is 2.11. The number of nitrogens with one attached hydrogen (secondary N) is 2. The summed E-state index contributed by atoms with van der Waals surface area (Å²) < 4.78 is 5.27. The number of amides is 2. The third-order valence-electron chi connectivity index (χ3n) is 2.37. The first-order chi connectivity index (χ1) is 8.49. The van der Waals surface area contributed by atoms with Crippen LogP contribution >= 0.6 is 0 Å². The summed E-state index contributed by atoms with van der Waals surface area (Å²) in [6.07, 6.45) is 0. The highest BCUT2D eigenvalue weighted by atomic mass is 16.5. The monoisotopic (exact) mass is 250 g/mol. The summed E-state index contributed by atoms with van der Waals surface area (Å²) in [6.45, 7) is 5.63. The lowest BCUT2D eigenvalue weighted by Gasteiger charge is -2.08. The fraction of sp³-hybridized carbons (Fsp3) is 0.385. The first-order valence-electron chi connectivity index (χ1n) is 5.68. The highest BCUT2D eigenvalue weighted by Gasteiger charge is 2.03. The molecular formula is C13H18N2O3. The number of hydrogen-bond acceptors (Lipinski definition) is 3. The van der Waals surface area contributed by atoms with Gasteiger partial charge in [-0.3, -0.25) is 20.4 Å². The second-order valence-electron chi connectivity index (χ2n) is 4.15. The van der Waals surface area contributed by atoms with Gasteiger partial charge >= 0.3 is 0 Å². The Bertz CT molecular complexity index is 444. The summed E-state index contributed by atoms with van der Waals surface area (Å²) >= 11 is 0. The Morgan fingerprint density at radius 2 is 1.94 bits per heavy atom. The minimum atomic E-state index is -0.380. The summed E-state index contributed by atoms with van der Waals surface area (Å²) in [5.41, 5.74) is 7.80. The lowest BCUT2D eigenvalue weighted by Crippen LogP contribution is -2.42. The molecule has 0 unspecified atom stereocenters. The van der Waals surface area contributed by atoms with Gasteiger partial charge in [0.15, 0.2) is 0 Å². The Balaban J connectivity index is 2.33. The van der Waals surface area contributed by atoms with Crippen LogP contribution < -0.4 is 10.9 Å².